The van der Waals surface area contributed by atoms with E-state index >= 15 is 0 Å². The number of rotatable bonds is 5. The van der Waals surface area contributed by atoms with E-state index in [9.17, 15) is 24.0 Å². The molecule has 35 heavy (non-hydrogen) atoms. The summed E-state index contributed by atoms with van der Waals surface area (Å²) in [5.41, 5.74) is 0.990. The monoisotopic (exact) mass is 505 g/mol. The first-order chi connectivity index (χ1) is 16.7. The van der Waals surface area contributed by atoms with Gasteiger partial charge >= 0.3 is 168 Å². The van der Waals surface area contributed by atoms with Crippen LogP contribution in [-0.4, -0.2) is 58.9 Å². The molecule has 13 heteroatoms. The molecule has 3 aliphatic heterocycles. The predicted molar refractivity (Wildman–Crippen MR) is 122 cm³/mol. The number of fused-ring (bicyclic) bond motifs is 1. The number of hydrogen-bond donors (Lipinski definition) is 3. The van der Waals surface area contributed by atoms with Crippen LogP contribution in [0.25, 0.3) is 0 Å². The van der Waals surface area contributed by atoms with Crippen LogP contribution < -0.4 is 15.6 Å². The van der Waals surface area contributed by atoms with Crippen molar-refractivity contribution in [1.82, 2.24) is 20.5 Å². The summed E-state index contributed by atoms with van der Waals surface area (Å²) in [5, 5.41) is 10.7. The van der Waals surface area contributed by atoms with E-state index in [1.165, 1.54) is 12.2 Å². The summed E-state index contributed by atoms with van der Waals surface area (Å²) in [6.07, 6.45) is 8.24. The molecule has 0 radical (unpaired) electrons. The third-order valence-corrected chi connectivity index (χ3v) is 10.6. The summed E-state index contributed by atoms with van der Waals surface area (Å²) >= 11 is 0. The van der Waals surface area contributed by atoms with Gasteiger partial charge in [0.2, 0.25) is 0 Å². The van der Waals surface area contributed by atoms with E-state index in [-0.39, 0.29) is 49.2 Å². The van der Waals surface area contributed by atoms with E-state index in [0.717, 1.165) is 30.6 Å². The van der Waals surface area contributed by atoms with E-state index in [0.29, 0.717) is 25.0 Å². The fraction of sp³-hybridized carbons (Fsp3) is 0.636. The molecule has 0 aromatic carbocycles. The second kappa shape index (κ2) is 7.91. The number of hydrazone groups is 1. The fourth-order valence-corrected chi connectivity index (χ4v) is 8.61. The minimum absolute atomic E-state index is 0.0394. The summed E-state index contributed by atoms with van der Waals surface area (Å²) in [6.45, 7) is 0.172. The maximum atomic E-state index is 12.9. The Morgan fingerprint density at radius 2 is 1.60 bits per heavy atom. The van der Waals surface area contributed by atoms with Gasteiger partial charge in [-0.3, -0.25) is 9.59 Å². The molecule has 3 heterocycles. The van der Waals surface area contributed by atoms with Gasteiger partial charge in [0.15, 0.2) is 0 Å². The van der Waals surface area contributed by atoms with Crippen molar-refractivity contribution in [3.8, 4) is 0 Å². The van der Waals surface area contributed by atoms with Crippen molar-refractivity contribution in [2.45, 2.75) is 69.9 Å². The molecule has 3 aliphatic carbocycles. The van der Waals surface area contributed by atoms with E-state index in [2.05, 4.69) is 20.7 Å². The normalized spacial score (nSPS) is 34.9. The van der Waals surface area contributed by atoms with Crippen molar-refractivity contribution >= 4 is 43.4 Å². The van der Waals surface area contributed by atoms with Crippen LogP contribution in [0.5, 0.6) is 0 Å². The molecule has 6 aliphatic rings. The molecule has 0 aromatic heterocycles. The van der Waals surface area contributed by atoms with Crippen molar-refractivity contribution in [3.63, 3.8) is 0 Å². The molecule has 3 saturated carbocycles. The number of carbonyl (C=O) groups is 5. The van der Waals surface area contributed by atoms with Crippen molar-refractivity contribution in [2.24, 2.45) is 15.9 Å². The zero-order valence-electron chi connectivity index (χ0n) is 19.1. The van der Waals surface area contributed by atoms with Crippen molar-refractivity contribution in [2.75, 3.05) is 6.54 Å². The zero-order valence-corrected chi connectivity index (χ0v) is 20.1. The van der Waals surface area contributed by atoms with E-state index in [1.54, 1.807) is 0 Å². The second-order valence-electron chi connectivity index (χ2n) is 10.4. The molecular weight excluding hydrogens is 477 g/mol. The van der Waals surface area contributed by atoms with Gasteiger partial charge in [0.25, 0.3) is 11.8 Å². The topological polar surface area (TPSA) is 155 Å². The molecule has 3 amide bonds. The Labute approximate surface area is 201 Å². The number of carbonyl (C=O) groups excluding carboxylic acids is 5. The standard InChI is InChI=1S/C22H28N5O7P/c28-16-5-6-17(29)27(16)10-9-21(7-8-21)18(30)24-23-13-11-22(12-13)19(31)33-35(34-20(22)32)25-14-3-1-2-4-15(14)26-35/h5-6,14-15,25-26,35H,1-4,7-12H2,(H,24,30)/t14-,15-/m1/s1. The van der Waals surface area contributed by atoms with Gasteiger partial charge in [-0.05, 0) is 0 Å². The summed E-state index contributed by atoms with van der Waals surface area (Å²) in [5.74, 6) is -2.23. The molecule has 3 N–H and O–H groups in total. The van der Waals surface area contributed by atoms with Crippen LogP contribution in [0.2, 0.25) is 0 Å². The molecule has 0 bridgehead atoms. The van der Waals surface area contributed by atoms with E-state index in [4.69, 9.17) is 9.05 Å². The van der Waals surface area contributed by atoms with Gasteiger partial charge in [-0.1, -0.05) is 0 Å². The third kappa shape index (κ3) is 3.70. The maximum absolute atomic E-state index is 12.9. The SMILES string of the molecule is O=C1C=CC(=O)N1CCC1(C(=O)NN=C2CC3(C2)C(=O)O[PH]2(N[C@@H]4CCCC[C@H]4N2)OC3=O)CC1. The molecule has 6 rings (SSSR count). The average Bonchev–Trinajstić information content (AvgIpc) is 3.40. The minimum atomic E-state index is -3.32. The summed E-state index contributed by atoms with van der Waals surface area (Å²) in [4.78, 5) is 63.1. The molecule has 0 aromatic rings. The zero-order chi connectivity index (χ0) is 24.4. The number of hydrogen-bond acceptors (Lipinski definition) is 10. The molecule has 2 atom stereocenters. The van der Waals surface area contributed by atoms with Gasteiger partial charge in [0, 0.05) is 12.2 Å². The van der Waals surface area contributed by atoms with Crippen LogP contribution >= 0.6 is 8.02 Å². The molecule has 2 spiro atoms. The Morgan fingerprint density at radius 3 is 2.14 bits per heavy atom. The first kappa shape index (κ1) is 22.8. The molecule has 2 saturated heterocycles. The van der Waals surface area contributed by atoms with Gasteiger partial charge in [-0.25, -0.2) is 0 Å². The van der Waals surface area contributed by atoms with Crippen LogP contribution in [-0.2, 0) is 33.0 Å². The van der Waals surface area contributed by atoms with Crippen LogP contribution in [0.15, 0.2) is 17.3 Å². The van der Waals surface area contributed by atoms with Crippen molar-refractivity contribution in [3.05, 3.63) is 12.2 Å². The Bertz CT molecular complexity index is 1040. The first-order valence-electron chi connectivity index (χ1n) is 12.2. The first-order valence-corrected chi connectivity index (χ1v) is 14.0. The molecule has 12 nitrogen and oxygen atoms in total. The Hall–Kier alpha value is -2.69. The number of amides is 3. The number of nitrogens with zero attached hydrogens (tertiary/aromatic N) is 2. The van der Waals surface area contributed by atoms with Gasteiger partial charge in [0.1, 0.15) is 0 Å². The molecule has 0 unspecified atom stereocenters. The third-order valence-electron chi connectivity index (χ3n) is 8.15. The Morgan fingerprint density at radius 1 is 1.03 bits per heavy atom. The Balaban J connectivity index is 1.03. The van der Waals surface area contributed by atoms with Gasteiger partial charge in [-0.2, -0.15) is 0 Å². The quantitative estimate of drug-likeness (QED) is 0.208. The van der Waals surface area contributed by atoms with Crippen LogP contribution in [0.1, 0.15) is 57.8 Å². The summed E-state index contributed by atoms with van der Waals surface area (Å²) in [6, 6.07) is 0.290. The van der Waals surface area contributed by atoms with Gasteiger partial charge < -0.3 is 0 Å². The second-order valence-corrected chi connectivity index (χ2v) is 12.6. The summed E-state index contributed by atoms with van der Waals surface area (Å²) in [7, 11) is -3.32. The fourth-order valence-electron chi connectivity index (χ4n) is 5.66. The van der Waals surface area contributed by atoms with Crippen LogP contribution in [0.3, 0.4) is 0 Å². The van der Waals surface area contributed by atoms with Gasteiger partial charge in [0.05, 0.1) is 0 Å². The van der Waals surface area contributed by atoms with E-state index < -0.39 is 30.8 Å². The number of imide groups is 1. The van der Waals surface area contributed by atoms with Crippen molar-refractivity contribution in [1.29, 1.82) is 0 Å². The van der Waals surface area contributed by atoms with Crippen LogP contribution in [0.4, 0.5) is 0 Å². The summed E-state index contributed by atoms with van der Waals surface area (Å²) < 4.78 is 11.4. The van der Waals surface area contributed by atoms with Gasteiger partial charge in [-0.15, -0.1) is 0 Å². The molecule has 5 fully saturated rings. The molecule has 188 valence electrons. The molecular formula is C22H28N5O7P. The predicted octanol–water partition coefficient (Wildman–Crippen LogP) is 0.348. The average molecular weight is 505 g/mol. The number of nitrogens with one attached hydrogen (secondary N) is 3. The van der Waals surface area contributed by atoms with Crippen LogP contribution in [0, 0.1) is 10.8 Å². The Kier molecular flexibility index (Phi) is 5.14. The van der Waals surface area contributed by atoms with Crippen molar-refractivity contribution < 1.29 is 33.0 Å². The van der Waals surface area contributed by atoms with E-state index in [1.807, 2.05) is 0 Å².